The second-order valence-electron chi connectivity index (χ2n) is 4.77. The lowest BCUT2D eigenvalue weighted by molar-refractivity contribution is 0.0797. The molecule has 4 nitrogen and oxygen atoms in total. The van der Waals surface area contributed by atoms with Crippen molar-refractivity contribution in [2.45, 2.75) is 0 Å². The van der Waals surface area contributed by atoms with Gasteiger partial charge in [0.2, 0.25) is 0 Å². The standard InChI is InChI=1S/C16H18FN3O/c1-18-8-9-20(2)16(21)13-5-3-4-12(10-13)14-6-7-19-11-15(14)17/h3-7,10-11,18H,8-9H2,1-2H3. The molecule has 1 N–H and O–H groups in total. The van der Waals surface area contributed by atoms with Crippen LogP contribution in [0.4, 0.5) is 4.39 Å². The van der Waals surface area contributed by atoms with Gasteiger partial charge in [-0.15, -0.1) is 0 Å². The maximum Gasteiger partial charge on any atom is 0.253 e. The van der Waals surface area contributed by atoms with Gasteiger partial charge in [-0.1, -0.05) is 12.1 Å². The number of amides is 1. The highest BCUT2D eigenvalue weighted by atomic mass is 19.1. The van der Waals surface area contributed by atoms with Crippen molar-refractivity contribution < 1.29 is 9.18 Å². The number of nitrogens with one attached hydrogen (secondary N) is 1. The van der Waals surface area contributed by atoms with Gasteiger partial charge in [0.1, 0.15) is 5.82 Å². The Balaban J connectivity index is 2.26. The van der Waals surface area contributed by atoms with Gasteiger partial charge in [0.05, 0.1) is 6.20 Å². The van der Waals surface area contributed by atoms with Crippen molar-refractivity contribution in [3.63, 3.8) is 0 Å². The number of nitrogens with zero attached hydrogens (tertiary/aromatic N) is 2. The van der Waals surface area contributed by atoms with Crippen molar-refractivity contribution in [1.82, 2.24) is 15.2 Å². The number of carbonyl (C=O) groups is 1. The topological polar surface area (TPSA) is 45.2 Å². The Bertz CT molecular complexity index is 630. The van der Waals surface area contributed by atoms with Crippen LogP contribution < -0.4 is 5.32 Å². The third-order valence-electron chi connectivity index (χ3n) is 3.24. The molecule has 110 valence electrons. The van der Waals surface area contributed by atoms with Crippen molar-refractivity contribution in [2.24, 2.45) is 0 Å². The molecule has 1 aromatic heterocycles. The summed E-state index contributed by atoms with van der Waals surface area (Å²) in [7, 11) is 3.59. The summed E-state index contributed by atoms with van der Waals surface area (Å²) >= 11 is 0. The number of pyridine rings is 1. The van der Waals surface area contributed by atoms with Crippen LogP contribution in [0.3, 0.4) is 0 Å². The van der Waals surface area contributed by atoms with Gasteiger partial charge < -0.3 is 10.2 Å². The fraction of sp³-hybridized carbons (Fsp3) is 0.250. The predicted molar refractivity (Wildman–Crippen MR) is 80.5 cm³/mol. The van der Waals surface area contributed by atoms with Gasteiger partial charge in [-0.2, -0.15) is 0 Å². The number of aromatic nitrogens is 1. The van der Waals surface area contributed by atoms with E-state index in [-0.39, 0.29) is 5.91 Å². The van der Waals surface area contributed by atoms with Crippen molar-refractivity contribution in [3.05, 3.63) is 54.1 Å². The van der Waals surface area contributed by atoms with Crippen LogP contribution in [0.1, 0.15) is 10.4 Å². The van der Waals surface area contributed by atoms with E-state index in [2.05, 4.69) is 10.3 Å². The Hall–Kier alpha value is -2.27. The first kappa shape index (κ1) is 15.1. The fourth-order valence-corrected chi connectivity index (χ4v) is 2.03. The summed E-state index contributed by atoms with van der Waals surface area (Å²) < 4.78 is 13.8. The van der Waals surface area contributed by atoms with Crippen LogP contribution in [0.2, 0.25) is 0 Å². The molecular formula is C16H18FN3O. The smallest absolute Gasteiger partial charge is 0.253 e. The largest absolute Gasteiger partial charge is 0.340 e. The predicted octanol–water partition coefficient (Wildman–Crippen LogP) is 2.18. The first-order valence-electron chi connectivity index (χ1n) is 6.73. The number of carbonyl (C=O) groups excluding carboxylic acids is 1. The van der Waals surface area contributed by atoms with E-state index in [9.17, 15) is 9.18 Å². The molecule has 0 bridgehead atoms. The number of hydrogen-bond donors (Lipinski definition) is 1. The zero-order chi connectivity index (χ0) is 15.2. The van der Waals surface area contributed by atoms with E-state index in [1.807, 2.05) is 7.05 Å². The molecular weight excluding hydrogens is 269 g/mol. The van der Waals surface area contributed by atoms with Gasteiger partial charge >= 0.3 is 0 Å². The van der Waals surface area contributed by atoms with E-state index >= 15 is 0 Å². The van der Waals surface area contributed by atoms with Crippen LogP contribution >= 0.6 is 0 Å². The molecule has 0 aliphatic rings. The van der Waals surface area contributed by atoms with Gasteiger partial charge in [-0.05, 0) is 30.8 Å². The highest BCUT2D eigenvalue weighted by molar-refractivity contribution is 5.95. The average Bonchev–Trinajstić information content (AvgIpc) is 2.52. The van der Waals surface area contributed by atoms with Crippen LogP contribution in [-0.4, -0.2) is 43.0 Å². The molecule has 1 amide bonds. The number of hydrogen-bond acceptors (Lipinski definition) is 3. The lowest BCUT2D eigenvalue weighted by atomic mass is 10.0. The Morgan fingerprint density at radius 1 is 1.38 bits per heavy atom. The second kappa shape index (κ2) is 6.95. The third-order valence-corrected chi connectivity index (χ3v) is 3.24. The minimum absolute atomic E-state index is 0.0819. The highest BCUT2D eigenvalue weighted by Gasteiger charge is 2.13. The van der Waals surface area contributed by atoms with Crippen LogP contribution in [0.5, 0.6) is 0 Å². The lowest BCUT2D eigenvalue weighted by Crippen LogP contribution is -2.32. The van der Waals surface area contributed by atoms with E-state index < -0.39 is 5.82 Å². The summed E-state index contributed by atoms with van der Waals surface area (Å²) in [5.74, 6) is -0.479. The van der Waals surface area contributed by atoms with E-state index in [0.717, 1.165) is 6.54 Å². The zero-order valence-electron chi connectivity index (χ0n) is 12.1. The summed E-state index contributed by atoms with van der Waals surface area (Å²) in [6.07, 6.45) is 2.70. The molecule has 0 atom stereocenters. The molecule has 0 spiro atoms. The zero-order valence-corrected chi connectivity index (χ0v) is 12.1. The van der Waals surface area contributed by atoms with E-state index in [1.54, 1.807) is 42.3 Å². The van der Waals surface area contributed by atoms with Crippen LogP contribution in [0, 0.1) is 5.82 Å². The number of benzene rings is 1. The Labute approximate surface area is 123 Å². The van der Waals surface area contributed by atoms with Crippen LogP contribution in [0.25, 0.3) is 11.1 Å². The van der Waals surface area contributed by atoms with Gasteiger partial charge in [0.25, 0.3) is 5.91 Å². The molecule has 1 heterocycles. The van der Waals surface area contributed by atoms with Crippen molar-refractivity contribution in [1.29, 1.82) is 0 Å². The summed E-state index contributed by atoms with van der Waals surface area (Å²) in [6.45, 7) is 1.34. The van der Waals surface area contributed by atoms with E-state index in [0.29, 0.717) is 23.2 Å². The number of likely N-dealkylation sites (N-methyl/N-ethyl adjacent to an activating group) is 2. The highest BCUT2D eigenvalue weighted by Crippen LogP contribution is 2.23. The summed E-state index contributed by atoms with van der Waals surface area (Å²) in [4.78, 5) is 17.7. The van der Waals surface area contributed by atoms with Crippen molar-refractivity contribution in [2.75, 3.05) is 27.2 Å². The summed E-state index contributed by atoms with van der Waals surface area (Å²) in [5.41, 5.74) is 1.66. The minimum atomic E-state index is -0.398. The van der Waals surface area contributed by atoms with E-state index in [1.165, 1.54) is 12.4 Å². The molecule has 0 aliphatic carbocycles. The Morgan fingerprint density at radius 2 is 2.19 bits per heavy atom. The van der Waals surface area contributed by atoms with Crippen molar-refractivity contribution >= 4 is 5.91 Å². The molecule has 0 fully saturated rings. The average molecular weight is 287 g/mol. The molecule has 1 aromatic carbocycles. The number of halogens is 1. The monoisotopic (exact) mass is 287 g/mol. The minimum Gasteiger partial charge on any atom is -0.340 e. The van der Waals surface area contributed by atoms with Gasteiger partial charge in [-0.25, -0.2) is 4.39 Å². The molecule has 0 saturated carbocycles. The lowest BCUT2D eigenvalue weighted by Gasteiger charge is -2.17. The normalized spacial score (nSPS) is 10.4. The Kier molecular flexibility index (Phi) is 5.00. The molecule has 2 aromatic rings. The first-order valence-corrected chi connectivity index (χ1v) is 6.73. The molecule has 0 saturated heterocycles. The summed E-state index contributed by atoms with van der Waals surface area (Å²) in [5, 5.41) is 3.00. The van der Waals surface area contributed by atoms with Crippen LogP contribution in [0.15, 0.2) is 42.7 Å². The molecule has 0 unspecified atom stereocenters. The van der Waals surface area contributed by atoms with Gasteiger partial charge in [0.15, 0.2) is 0 Å². The number of rotatable bonds is 5. The van der Waals surface area contributed by atoms with Gasteiger partial charge in [-0.3, -0.25) is 9.78 Å². The van der Waals surface area contributed by atoms with Gasteiger partial charge in [0, 0.05) is 37.5 Å². The molecule has 2 rings (SSSR count). The second-order valence-corrected chi connectivity index (χ2v) is 4.77. The quantitative estimate of drug-likeness (QED) is 0.917. The maximum atomic E-state index is 13.8. The first-order chi connectivity index (χ1) is 10.1. The third kappa shape index (κ3) is 3.64. The molecule has 0 radical (unpaired) electrons. The molecule has 21 heavy (non-hydrogen) atoms. The van der Waals surface area contributed by atoms with Crippen LogP contribution in [-0.2, 0) is 0 Å². The van der Waals surface area contributed by atoms with E-state index in [4.69, 9.17) is 0 Å². The maximum absolute atomic E-state index is 13.8. The molecule has 5 heteroatoms. The fourth-order valence-electron chi connectivity index (χ4n) is 2.03. The molecule has 0 aliphatic heterocycles. The SMILES string of the molecule is CNCCN(C)C(=O)c1cccc(-c2ccncc2F)c1. The van der Waals surface area contributed by atoms with Crippen molar-refractivity contribution in [3.8, 4) is 11.1 Å². The summed E-state index contributed by atoms with van der Waals surface area (Å²) in [6, 6.07) is 8.58. The Morgan fingerprint density at radius 3 is 2.90 bits per heavy atom.